The van der Waals surface area contributed by atoms with Crippen LogP contribution in [-0.2, 0) is 0 Å². The molecule has 1 unspecified atom stereocenters. The van der Waals surface area contributed by atoms with Crippen LogP contribution in [0.2, 0.25) is 0 Å². The predicted molar refractivity (Wildman–Crippen MR) is 68.2 cm³/mol. The Morgan fingerprint density at radius 1 is 1.47 bits per heavy atom. The average Bonchev–Trinajstić information content (AvgIpc) is 2.69. The molecule has 1 aromatic carbocycles. The lowest BCUT2D eigenvalue weighted by atomic mass is 10.2. The molecule has 2 nitrogen and oxygen atoms in total. The molecule has 1 atom stereocenters. The zero-order valence-corrected chi connectivity index (χ0v) is 10.6. The summed E-state index contributed by atoms with van der Waals surface area (Å²) in [6.07, 6.45) is 1.21. The van der Waals surface area contributed by atoms with Crippen LogP contribution in [0, 0.1) is 11.3 Å². The molecule has 1 N–H and O–H groups in total. The number of nitriles is 1. The third-order valence-corrected chi connectivity index (χ3v) is 3.95. The van der Waals surface area contributed by atoms with Crippen molar-refractivity contribution in [1.82, 2.24) is 0 Å². The maximum Gasteiger partial charge on any atom is 0.0992 e. The number of thioether (sulfide) groups is 1. The SMILES string of the molecule is N#Cc1cc(Br)cc(NC2CCSC2)c1. The Morgan fingerprint density at radius 2 is 2.33 bits per heavy atom. The largest absolute Gasteiger partial charge is 0.381 e. The highest BCUT2D eigenvalue weighted by molar-refractivity contribution is 9.10. The van der Waals surface area contributed by atoms with Gasteiger partial charge >= 0.3 is 0 Å². The van der Waals surface area contributed by atoms with E-state index in [-0.39, 0.29) is 0 Å². The van der Waals surface area contributed by atoms with E-state index in [4.69, 9.17) is 5.26 Å². The molecule has 0 amide bonds. The highest BCUT2D eigenvalue weighted by Crippen LogP contribution is 2.24. The lowest BCUT2D eigenvalue weighted by molar-refractivity contribution is 0.813. The Hall–Kier alpha value is -0.660. The van der Waals surface area contributed by atoms with Crippen LogP contribution in [0.25, 0.3) is 0 Å². The summed E-state index contributed by atoms with van der Waals surface area (Å²) in [7, 11) is 0. The number of benzene rings is 1. The highest BCUT2D eigenvalue weighted by atomic mass is 79.9. The Labute approximate surface area is 102 Å². The van der Waals surface area contributed by atoms with Crippen LogP contribution >= 0.6 is 27.7 Å². The van der Waals surface area contributed by atoms with Gasteiger partial charge in [0.25, 0.3) is 0 Å². The summed E-state index contributed by atoms with van der Waals surface area (Å²) in [6, 6.07) is 8.45. The standard InChI is InChI=1S/C11H11BrN2S/c12-9-3-8(6-13)4-11(5-9)14-10-1-2-15-7-10/h3-5,10,14H,1-2,7H2. The summed E-state index contributed by atoms with van der Waals surface area (Å²) < 4.78 is 0.953. The minimum absolute atomic E-state index is 0.552. The fourth-order valence-corrected chi connectivity index (χ4v) is 3.27. The quantitative estimate of drug-likeness (QED) is 0.905. The van der Waals surface area contributed by atoms with E-state index in [1.54, 1.807) is 0 Å². The van der Waals surface area contributed by atoms with Gasteiger partial charge in [-0.25, -0.2) is 0 Å². The molecule has 1 aromatic rings. The van der Waals surface area contributed by atoms with Gasteiger partial charge in [0.05, 0.1) is 11.6 Å². The predicted octanol–water partition coefficient (Wildman–Crippen LogP) is 3.24. The summed E-state index contributed by atoms with van der Waals surface area (Å²) in [5.74, 6) is 2.39. The highest BCUT2D eigenvalue weighted by Gasteiger charge is 2.15. The van der Waals surface area contributed by atoms with E-state index in [1.165, 1.54) is 12.2 Å². The topological polar surface area (TPSA) is 35.8 Å². The van der Waals surface area contributed by atoms with Crippen molar-refractivity contribution in [2.24, 2.45) is 0 Å². The number of anilines is 1. The number of nitrogens with one attached hydrogen (secondary N) is 1. The lowest BCUT2D eigenvalue weighted by Gasteiger charge is -2.13. The van der Waals surface area contributed by atoms with Crippen LogP contribution in [0.1, 0.15) is 12.0 Å². The minimum Gasteiger partial charge on any atom is -0.381 e. The fraction of sp³-hybridized carbons (Fsp3) is 0.364. The Bertz CT molecular complexity index is 394. The molecule has 2 rings (SSSR count). The first-order chi connectivity index (χ1) is 7.28. The number of nitrogens with zero attached hydrogens (tertiary/aromatic N) is 1. The molecule has 78 valence electrons. The normalized spacial score (nSPS) is 19.9. The lowest BCUT2D eigenvalue weighted by Crippen LogP contribution is -2.17. The summed E-state index contributed by atoms with van der Waals surface area (Å²) in [6.45, 7) is 0. The van der Waals surface area contributed by atoms with E-state index >= 15 is 0 Å². The molecule has 15 heavy (non-hydrogen) atoms. The first-order valence-electron chi connectivity index (χ1n) is 4.83. The van der Waals surface area contributed by atoms with Crippen molar-refractivity contribution in [2.75, 3.05) is 16.8 Å². The molecule has 1 fully saturated rings. The van der Waals surface area contributed by atoms with Crippen LogP contribution in [0.4, 0.5) is 5.69 Å². The zero-order chi connectivity index (χ0) is 10.7. The number of halogens is 1. The summed E-state index contributed by atoms with van der Waals surface area (Å²) in [5, 5.41) is 12.3. The monoisotopic (exact) mass is 282 g/mol. The molecule has 1 aliphatic heterocycles. The second-order valence-corrected chi connectivity index (χ2v) is 5.61. The van der Waals surface area contributed by atoms with Gasteiger partial charge < -0.3 is 5.32 Å². The molecular weight excluding hydrogens is 272 g/mol. The molecule has 4 heteroatoms. The Kier molecular flexibility index (Phi) is 3.55. The molecule has 0 spiro atoms. The van der Waals surface area contributed by atoms with Gasteiger partial charge in [0, 0.05) is 22.0 Å². The minimum atomic E-state index is 0.552. The first-order valence-corrected chi connectivity index (χ1v) is 6.77. The van der Waals surface area contributed by atoms with E-state index in [9.17, 15) is 0 Å². The molecule has 0 saturated carbocycles. The van der Waals surface area contributed by atoms with Crippen molar-refractivity contribution in [3.63, 3.8) is 0 Å². The number of rotatable bonds is 2. The number of hydrogen-bond donors (Lipinski definition) is 1. The first kappa shape index (κ1) is 10.8. The molecule has 0 radical (unpaired) electrons. The third-order valence-electron chi connectivity index (χ3n) is 2.33. The van der Waals surface area contributed by atoms with Gasteiger partial charge in [-0.05, 0) is 30.4 Å². The smallest absolute Gasteiger partial charge is 0.0992 e. The van der Waals surface area contributed by atoms with Crippen molar-refractivity contribution in [2.45, 2.75) is 12.5 Å². The molecule has 1 aliphatic rings. The third kappa shape index (κ3) is 2.90. The van der Waals surface area contributed by atoms with Crippen LogP contribution in [0.5, 0.6) is 0 Å². The van der Waals surface area contributed by atoms with Gasteiger partial charge in [-0.1, -0.05) is 15.9 Å². The summed E-state index contributed by atoms with van der Waals surface area (Å²) >= 11 is 5.38. The Balaban J connectivity index is 2.13. The van der Waals surface area contributed by atoms with Crippen LogP contribution in [0.15, 0.2) is 22.7 Å². The van der Waals surface area contributed by atoms with Gasteiger partial charge in [0.1, 0.15) is 0 Å². The average molecular weight is 283 g/mol. The van der Waals surface area contributed by atoms with Crippen molar-refractivity contribution in [1.29, 1.82) is 5.26 Å². The summed E-state index contributed by atoms with van der Waals surface area (Å²) in [4.78, 5) is 0. The van der Waals surface area contributed by atoms with Crippen molar-refractivity contribution < 1.29 is 0 Å². The van der Waals surface area contributed by atoms with Gasteiger partial charge in [0.15, 0.2) is 0 Å². The van der Waals surface area contributed by atoms with E-state index < -0.39 is 0 Å². The molecule has 0 bridgehead atoms. The van der Waals surface area contributed by atoms with Crippen LogP contribution in [-0.4, -0.2) is 17.5 Å². The maximum absolute atomic E-state index is 8.84. The second kappa shape index (κ2) is 4.91. The zero-order valence-electron chi connectivity index (χ0n) is 8.16. The molecule has 0 aromatic heterocycles. The van der Waals surface area contributed by atoms with Crippen molar-refractivity contribution in [3.05, 3.63) is 28.2 Å². The molecule has 1 saturated heterocycles. The van der Waals surface area contributed by atoms with Crippen LogP contribution in [0.3, 0.4) is 0 Å². The number of hydrogen-bond acceptors (Lipinski definition) is 3. The van der Waals surface area contributed by atoms with Gasteiger partial charge in [-0.3, -0.25) is 0 Å². The summed E-state index contributed by atoms with van der Waals surface area (Å²) in [5.41, 5.74) is 1.73. The fourth-order valence-electron chi connectivity index (χ4n) is 1.62. The molecule has 0 aliphatic carbocycles. The van der Waals surface area contributed by atoms with Gasteiger partial charge in [-0.2, -0.15) is 17.0 Å². The maximum atomic E-state index is 8.84. The van der Waals surface area contributed by atoms with E-state index in [1.807, 2.05) is 30.0 Å². The van der Waals surface area contributed by atoms with Gasteiger partial charge in [-0.15, -0.1) is 0 Å². The van der Waals surface area contributed by atoms with E-state index in [0.717, 1.165) is 15.9 Å². The van der Waals surface area contributed by atoms with E-state index in [2.05, 4.69) is 27.3 Å². The van der Waals surface area contributed by atoms with Crippen molar-refractivity contribution in [3.8, 4) is 6.07 Å². The molecular formula is C11H11BrN2S. The van der Waals surface area contributed by atoms with Crippen LogP contribution < -0.4 is 5.32 Å². The Morgan fingerprint density at radius 3 is 3.00 bits per heavy atom. The van der Waals surface area contributed by atoms with Gasteiger partial charge in [0.2, 0.25) is 0 Å². The van der Waals surface area contributed by atoms with Crippen molar-refractivity contribution >= 4 is 33.4 Å². The molecule has 1 heterocycles. The second-order valence-electron chi connectivity index (χ2n) is 3.55. The van der Waals surface area contributed by atoms with E-state index in [0.29, 0.717) is 11.6 Å².